The van der Waals surface area contributed by atoms with Gasteiger partial charge in [-0.3, -0.25) is 10.3 Å². The maximum absolute atomic E-state index is 11.6. The number of nitrogens with one attached hydrogen (secondary N) is 1. The zero-order valence-electron chi connectivity index (χ0n) is 10.7. The van der Waals surface area contributed by atoms with Gasteiger partial charge >= 0.3 is 6.09 Å². The van der Waals surface area contributed by atoms with Gasteiger partial charge in [0.1, 0.15) is 11.4 Å². The molecule has 1 aromatic carbocycles. The summed E-state index contributed by atoms with van der Waals surface area (Å²) in [6.07, 6.45) is -0.498. The summed E-state index contributed by atoms with van der Waals surface area (Å²) in [7, 11) is 1.62. The maximum atomic E-state index is 11.6. The molecule has 0 aliphatic carbocycles. The molecule has 4 nitrogen and oxygen atoms in total. The Balaban J connectivity index is 2.70. The Bertz CT molecular complexity index is 405. The lowest BCUT2D eigenvalue weighted by atomic mass is 10.2. The second-order valence-electron chi connectivity index (χ2n) is 4.57. The molecule has 1 rings (SSSR count). The molecule has 0 atom stereocenters. The minimum atomic E-state index is -0.514. The normalized spacial score (nSPS) is 12.1. The first-order valence-electron chi connectivity index (χ1n) is 5.44. The summed E-state index contributed by atoms with van der Waals surface area (Å²) in [6, 6.07) is 9.43. The second kappa shape index (κ2) is 5.48. The molecule has 0 heterocycles. The average Bonchev–Trinajstić information content (AvgIpc) is 2.24. The van der Waals surface area contributed by atoms with Gasteiger partial charge < -0.3 is 4.74 Å². The minimum Gasteiger partial charge on any atom is -0.444 e. The van der Waals surface area contributed by atoms with Gasteiger partial charge in [0.2, 0.25) is 0 Å². The van der Waals surface area contributed by atoms with Gasteiger partial charge in [-0.1, -0.05) is 30.3 Å². The highest BCUT2D eigenvalue weighted by atomic mass is 16.6. The van der Waals surface area contributed by atoms with Crippen LogP contribution in [0.4, 0.5) is 4.79 Å². The molecule has 0 aliphatic heterocycles. The number of carbonyl (C=O) groups excluding carboxylic acids is 1. The van der Waals surface area contributed by atoms with Gasteiger partial charge in [0.05, 0.1) is 0 Å². The molecule has 0 saturated heterocycles. The fourth-order valence-corrected chi connectivity index (χ4v) is 1.25. The number of nitrogens with zero attached hydrogens (tertiary/aromatic N) is 1. The van der Waals surface area contributed by atoms with E-state index in [2.05, 4.69) is 10.3 Å². The Labute approximate surface area is 102 Å². The average molecular weight is 234 g/mol. The van der Waals surface area contributed by atoms with Gasteiger partial charge in [0, 0.05) is 12.6 Å². The Morgan fingerprint density at radius 3 is 2.29 bits per heavy atom. The first-order chi connectivity index (χ1) is 7.92. The molecule has 0 unspecified atom stereocenters. The number of ether oxygens (including phenoxy) is 1. The summed E-state index contributed by atoms with van der Waals surface area (Å²) in [4.78, 5) is 15.6. The molecule has 1 amide bonds. The fourth-order valence-electron chi connectivity index (χ4n) is 1.25. The Kier molecular flexibility index (Phi) is 4.26. The number of hydrogen-bond donors (Lipinski definition) is 1. The van der Waals surface area contributed by atoms with E-state index in [4.69, 9.17) is 4.74 Å². The smallest absolute Gasteiger partial charge is 0.413 e. The molecule has 0 fully saturated rings. The molecule has 1 N–H and O–H groups in total. The molecule has 0 aromatic heterocycles. The van der Waals surface area contributed by atoms with Crippen LogP contribution in [-0.4, -0.2) is 24.6 Å². The predicted octanol–water partition coefficient (Wildman–Crippen LogP) is 2.59. The third-order valence-electron chi connectivity index (χ3n) is 1.89. The molecule has 0 saturated carbocycles. The van der Waals surface area contributed by atoms with Crippen molar-refractivity contribution in [2.24, 2.45) is 4.99 Å². The molecular formula is C13H18N2O2. The van der Waals surface area contributed by atoms with Gasteiger partial charge in [-0.2, -0.15) is 0 Å². The van der Waals surface area contributed by atoms with Crippen LogP contribution in [0.15, 0.2) is 35.3 Å². The Morgan fingerprint density at radius 1 is 1.24 bits per heavy atom. The van der Waals surface area contributed by atoms with Crippen LogP contribution in [0.2, 0.25) is 0 Å². The van der Waals surface area contributed by atoms with E-state index in [1.807, 2.05) is 51.1 Å². The molecule has 17 heavy (non-hydrogen) atoms. The van der Waals surface area contributed by atoms with Crippen LogP contribution in [0, 0.1) is 0 Å². The lowest BCUT2D eigenvalue weighted by Crippen LogP contribution is -2.36. The van der Waals surface area contributed by atoms with E-state index in [1.165, 1.54) is 0 Å². The first kappa shape index (κ1) is 13.2. The number of hydrogen-bond acceptors (Lipinski definition) is 3. The van der Waals surface area contributed by atoms with Gasteiger partial charge in [-0.15, -0.1) is 0 Å². The van der Waals surface area contributed by atoms with Crippen LogP contribution in [0.3, 0.4) is 0 Å². The summed E-state index contributed by atoms with van der Waals surface area (Å²) in [5.74, 6) is 0.500. The standard InChI is InChI=1S/C13H18N2O2/c1-13(2,3)17-12(16)15-11(14-4)10-8-6-5-7-9-10/h5-9H,1-4H3,(H,14,15,16). The van der Waals surface area contributed by atoms with Crippen LogP contribution in [-0.2, 0) is 4.74 Å². The van der Waals surface area contributed by atoms with Crippen LogP contribution >= 0.6 is 0 Å². The minimum absolute atomic E-state index is 0.498. The SMILES string of the molecule is CN=C(NC(=O)OC(C)(C)C)c1ccccc1. The highest BCUT2D eigenvalue weighted by Gasteiger charge is 2.17. The third-order valence-corrected chi connectivity index (χ3v) is 1.89. The van der Waals surface area contributed by atoms with Crippen LogP contribution in [0.1, 0.15) is 26.3 Å². The second-order valence-corrected chi connectivity index (χ2v) is 4.57. The van der Waals surface area contributed by atoms with Crippen molar-refractivity contribution in [2.75, 3.05) is 7.05 Å². The van der Waals surface area contributed by atoms with Gasteiger partial charge in [0.15, 0.2) is 0 Å². The zero-order chi connectivity index (χ0) is 12.9. The largest absolute Gasteiger partial charge is 0.444 e. The number of amidine groups is 1. The van der Waals surface area contributed by atoms with Crippen LogP contribution in [0.25, 0.3) is 0 Å². The van der Waals surface area contributed by atoms with Crippen molar-refractivity contribution in [2.45, 2.75) is 26.4 Å². The quantitative estimate of drug-likeness (QED) is 0.599. The van der Waals surface area contributed by atoms with Gasteiger partial charge in [-0.05, 0) is 20.8 Å². The fraction of sp³-hybridized carbons (Fsp3) is 0.385. The molecule has 0 aliphatic rings. The van der Waals surface area contributed by atoms with Crippen molar-refractivity contribution in [3.05, 3.63) is 35.9 Å². The van der Waals surface area contributed by atoms with Crippen molar-refractivity contribution >= 4 is 11.9 Å². The van der Waals surface area contributed by atoms with E-state index < -0.39 is 11.7 Å². The molecule has 4 heteroatoms. The monoisotopic (exact) mass is 234 g/mol. The van der Waals surface area contributed by atoms with Crippen molar-refractivity contribution in [3.8, 4) is 0 Å². The number of carbonyl (C=O) groups is 1. The van der Waals surface area contributed by atoms with Crippen LogP contribution < -0.4 is 5.32 Å². The molecule has 0 bridgehead atoms. The van der Waals surface area contributed by atoms with E-state index in [0.717, 1.165) is 5.56 Å². The van der Waals surface area contributed by atoms with E-state index in [0.29, 0.717) is 5.84 Å². The Hall–Kier alpha value is -1.84. The van der Waals surface area contributed by atoms with E-state index >= 15 is 0 Å². The molecule has 0 spiro atoms. The van der Waals surface area contributed by atoms with Gasteiger partial charge in [0.25, 0.3) is 0 Å². The van der Waals surface area contributed by atoms with E-state index in [-0.39, 0.29) is 0 Å². The van der Waals surface area contributed by atoms with Crippen LogP contribution in [0.5, 0.6) is 0 Å². The highest BCUT2D eigenvalue weighted by molar-refractivity contribution is 6.06. The lowest BCUT2D eigenvalue weighted by Gasteiger charge is -2.20. The number of aliphatic imine (C=N–C) groups is 1. The first-order valence-corrected chi connectivity index (χ1v) is 5.44. The third kappa shape index (κ3) is 4.68. The molecule has 92 valence electrons. The summed E-state index contributed by atoms with van der Waals surface area (Å²) in [5, 5.41) is 2.63. The number of rotatable bonds is 1. The topological polar surface area (TPSA) is 50.7 Å². The highest BCUT2D eigenvalue weighted by Crippen LogP contribution is 2.07. The molecule has 0 radical (unpaired) electrons. The van der Waals surface area contributed by atoms with Crippen molar-refractivity contribution < 1.29 is 9.53 Å². The van der Waals surface area contributed by atoms with E-state index in [1.54, 1.807) is 7.05 Å². The number of amides is 1. The summed E-state index contributed by atoms with van der Waals surface area (Å²) >= 11 is 0. The van der Waals surface area contributed by atoms with Crippen molar-refractivity contribution in [1.29, 1.82) is 0 Å². The number of benzene rings is 1. The molecular weight excluding hydrogens is 216 g/mol. The van der Waals surface area contributed by atoms with Crippen molar-refractivity contribution in [1.82, 2.24) is 5.32 Å². The predicted molar refractivity (Wildman–Crippen MR) is 68.3 cm³/mol. The molecule has 1 aromatic rings. The summed E-state index contributed by atoms with van der Waals surface area (Å²) in [5.41, 5.74) is 0.334. The number of alkyl carbamates (subject to hydrolysis) is 1. The lowest BCUT2D eigenvalue weighted by molar-refractivity contribution is 0.0563. The Morgan fingerprint density at radius 2 is 1.82 bits per heavy atom. The van der Waals surface area contributed by atoms with E-state index in [9.17, 15) is 4.79 Å². The summed E-state index contributed by atoms with van der Waals surface area (Å²) < 4.78 is 5.16. The summed E-state index contributed by atoms with van der Waals surface area (Å²) in [6.45, 7) is 5.45. The maximum Gasteiger partial charge on any atom is 0.413 e. The zero-order valence-corrected chi connectivity index (χ0v) is 10.7. The van der Waals surface area contributed by atoms with Gasteiger partial charge in [-0.25, -0.2) is 4.79 Å². The van der Waals surface area contributed by atoms with Crippen molar-refractivity contribution in [3.63, 3.8) is 0 Å².